The van der Waals surface area contributed by atoms with Crippen molar-refractivity contribution >= 4 is 44.9 Å². The molecule has 1 amide bonds. The summed E-state index contributed by atoms with van der Waals surface area (Å²) in [6.07, 6.45) is 6.18. The van der Waals surface area contributed by atoms with Crippen LogP contribution in [0.4, 0.5) is 5.69 Å². The maximum absolute atomic E-state index is 12.2. The molecule has 4 heterocycles. The lowest BCUT2D eigenvalue weighted by Gasteiger charge is -2.11. The Morgan fingerprint density at radius 1 is 1.38 bits per heavy atom. The Bertz CT molecular complexity index is 1040. The summed E-state index contributed by atoms with van der Waals surface area (Å²) in [7, 11) is 0. The molecule has 1 aliphatic heterocycles. The molecule has 0 unspecified atom stereocenters. The molecule has 2 aliphatic rings. The topological polar surface area (TPSA) is 108 Å². The summed E-state index contributed by atoms with van der Waals surface area (Å²) in [6.45, 7) is 1.37. The number of amides is 1. The van der Waals surface area contributed by atoms with Crippen molar-refractivity contribution in [3.05, 3.63) is 18.3 Å². The standard InChI is InChI=1S/C19H22N6O2S2/c20-15-13-4-1-7-21-18(13)29-16(15)17-23-24-19(25(17)11-5-6-11)28-10-14(26)22-9-12-3-2-8-27-12/h1,4,7,11-12H,2-3,5-6,8-10,20H2,(H,22,26)/t12-/m1/s1. The number of carbonyl (C=O) groups is 1. The summed E-state index contributed by atoms with van der Waals surface area (Å²) in [5.74, 6) is 1.07. The average Bonchev–Trinajstić information content (AvgIpc) is 3.15. The summed E-state index contributed by atoms with van der Waals surface area (Å²) in [5, 5.41) is 13.5. The number of hydrogen-bond donors (Lipinski definition) is 2. The molecule has 1 atom stereocenters. The maximum Gasteiger partial charge on any atom is 0.230 e. The zero-order valence-corrected chi connectivity index (χ0v) is 17.5. The minimum atomic E-state index is -0.0111. The normalized spacial score (nSPS) is 19.1. The molecule has 0 radical (unpaired) electrons. The molecule has 1 saturated heterocycles. The number of rotatable bonds is 7. The van der Waals surface area contributed by atoms with Crippen LogP contribution >= 0.6 is 23.1 Å². The second kappa shape index (κ2) is 7.92. The molecule has 3 N–H and O–H groups in total. The van der Waals surface area contributed by atoms with Crippen LogP contribution in [0.25, 0.3) is 20.9 Å². The van der Waals surface area contributed by atoms with Crippen molar-refractivity contribution in [2.24, 2.45) is 0 Å². The van der Waals surface area contributed by atoms with Gasteiger partial charge in [0.1, 0.15) is 4.83 Å². The van der Waals surface area contributed by atoms with Crippen molar-refractivity contribution < 1.29 is 9.53 Å². The van der Waals surface area contributed by atoms with Crippen LogP contribution in [0.1, 0.15) is 31.7 Å². The molecule has 3 aromatic rings. The number of fused-ring (bicyclic) bond motifs is 1. The van der Waals surface area contributed by atoms with E-state index in [1.807, 2.05) is 12.1 Å². The fraction of sp³-hybridized carbons (Fsp3) is 0.474. The fourth-order valence-corrected chi connectivity index (χ4v) is 5.40. The van der Waals surface area contributed by atoms with Crippen molar-refractivity contribution in [3.63, 3.8) is 0 Å². The largest absolute Gasteiger partial charge is 0.397 e. The first-order valence-electron chi connectivity index (χ1n) is 9.80. The first-order valence-corrected chi connectivity index (χ1v) is 11.6. The monoisotopic (exact) mass is 430 g/mol. The number of nitrogens with one attached hydrogen (secondary N) is 1. The Labute approximate surface area is 176 Å². The lowest BCUT2D eigenvalue weighted by Crippen LogP contribution is -2.32. The third-order valence-corrected chi connectivity index (χ3v) is 7.24. The van der Waals surface area contributed by atoms with E-state index in [0.717, 1.165) is 58.4 Å². The molecule has 0 bridgehead atoms. The Kier molecular flexibility index (Phi) is 5.15. The van der Waals surface area contributed by atoms with Crippen molar-refractivity contribution in [1.29, 1.82) is 0 Å². The van der Waals surface area contributed by atoms with Gasteiger partial charge in [-0.1, -0.05) is 11.8 Å². The molecular weight excluding hydrogens is 408 g/mol. The molecule has 3 aromatic heterocycles. The van der Waals surface area contributed by atoms with Gasteiger partial charge in [-0.05, 0) is 37.8 Å². The maximum atomic E-state index is 12.2. The van der Waals surface area contributed by atoms with Crippen LogP contribution in [0.2, 0.25) is 0 Å². The summed E-state index contributed by atoms with van der Waals surface area (Å²) in [5.41, 5.74) is 7.09. The molecule has 29 heavy (non-hydrogen) atoms. The van der Waals surface area contributed by atoms with Crippen molar-refractivity contribution in [2.75, 3.05) is 24.6 Å². The SMILES string of the molecule is Nc1c(-c2nnc(SCC(=O)NC[C@H]3CCCO3)n2C2CC2)sc2ncccc12. The molecule has 0 spiro atoms. The van der Waals surface area contributed by atoms with Gasteiger partial charge in [0.25, 0.3) is 0 Å². The van der Waals surface area contributed by atoms with Crippen molar-refractivity contribution in [1.82, 2.24) is 25.1 Å². The molecule has 2 fully saturated rings. The van der Waals surface area contributed by atoms with E-state index < -0.39 is 0 Å². The first kappa shape index (κ1) is 18.8. The number of ether oxygens (including phenoxy) is 1. The van der Waals surface area contributed by atoms with E-state index in [1.54, 1.807) is 6.20 Å². The lowest BCUT2D eigenvalue weighted by molar-refractivity contribution is -0.119. The van der Waals surface area contributed by atoms with Gasteiger partial charge in [-0.3, -0.25) is 9.36 Å². The number of pyridine rings is 1. The van der Waals surface area contributed by atoms with Crippen LogP contribution in [-0.2, 0) is 9.53 Å². The quantitative estimate of drug-likeness (QED) is 0.555. The molecule has 1 aliphatic carbocycles. The number of aromatic nitrogens is 4. The van der Waals surface area contributed by atoms with E-state index in [9.17, 15) is 4.79 Å². The number of nitrogen functional groups attached to an aromatic ring is 1. The second-order valence-corrected chi connectivity index (χ2v) is 9.28. The van der Waals surface area contributed by atoms with Gasteiger partial charge < -0.3 is 15.8 Å². The van der Waals surface area contributed by atoms with Crippen molar-refractivity contribution in [2.45, 2.75) is 43.0 Å². The van der Waals surface area contributed by atoms with Crippen LogP contribution in [0.5, 0.6) is 0 Å². The Hall–Kier alpha value is -2.17. The predicted octanol–water partition coefficient (Wildman–Crippen LogP) is 2.86. The van der Waals surface area contributed by atoms with E-state index in [4.69, 9.17) is 10.5 Å². The van der Waals surface area contributed by atoms with Gasteiger partial charge >= 0.3 is 0 Å². The molecule has 8 nitrogen and oxygen atoms in total. The molecule has 0 aromatic carbocycles. The van der Waals surface area contributed by atoms with E-state index in [2.05, 4.69) is 25.1 Å². The smallest absolute Gasteiger partial charge is 0.230 e. The van der Waals surface area contributed by atoms with Gasteiger partial charge in [0.2, 0.25) is 5.91 Å². The average molecular weight is 431 g/mol. The number of thiophene rings is 1. The highest BCUT2D eigenvalue weighted by molar-refractivity contribution is 7.99. The number of thioether (sulfide) groups is 1. The Morgan fingerprint density at radius 2 is 2.28 bits per heavy atom. The van der Waals surface area contributed by atoms with Gasteiger partial charge in [0, 0.05) is 30.8 Å². The second-order valence-electron chi connectivity index (χ2n) is 7.34. The van der Waals surface area contributed by atoms with Crippen LogP contribution < -0.4 is 11.1 Å². The van der Waals surface area contributed by atoms with Gasteiger partial charge in [0.05, 0.1) is 22.4 Å². The first-order chi connectivity index (χ1) is 14.2. The lowest BCUT2D eigenvalue weighted by atomic mass is 10.2. The number of hydrogen-bond acceptors (Lipinski definition) is 8. The highest BCUT2D eigenvalue weighted by Crippen LogP contribution is 2.45. The fourth-order valence-electron chi connectivity index (χ4n) is 3.52. The van der Waals surface area contributed by atoms with E-state index in [1.165, 1.54) is 23.1 Å². The van der Waals surface area contributed by atoms with Crippen LogP contribution in [0.15, 0.2) is 23.5 Å². The Morgan fingerprint density at radius 3 is 3.03 bits per heavy atom. The minimum absolute atomic E-state index is 0.0111. The number of anilines is 1. The molecule has 152 valence electrons. The highest BCUT2D eigenvalue weighted by atomic mass is 32.2. The Balaban J connectivity index is 1.33. The van der Waals surface area contributed by atoms with Gasteiger partial charge in [-0.2, -0.15) is 0 Å². The van der Waals surface area contributed by atoms with E-state index >= 15 is 0 Å². The summed E-state index contributed by atoms with van der Waals surface area (Å²) >= 11 is 2.95. The molecule has 1 saturated carbocycles. The van der Waals surface area contributed by atoms with E-state index in [-0.39, 0.29) is 12.0 Å². The van der Waals surface area contributed by atoms with Crippen molar-refractivity contribution in [3.8, 4) is 10.7 Å². The summed E-state index contributed by atoms with van der Waals surface area (Å²) < 4.78 is 7.69. The number of nitrogens with two attached hydrogens (primary N) is 1. The van der Waals surface area contributed by atoms with E-state index in [0.29, 0.717) is 24.0 Å². The van der Waals surface area contributed by atoms with Crippen LogP contribution in [0, 0.1) is 0 Å². The molecular formula is C19H22N6O2S2. The zero-order chi connectivity index (χ0) is 19.8. The highest BCUT2D eigenvalue weighted by Gasteiger charge is 2.32. The van der Waals surface area contributed by atoms with Gasteiger partial charge in [-0.25, -0.2) is 4.98 Å². The van der Waals surface area contributed by atoms with Gasteiger partial charge in [0.15, 0.2) is 11.0 Å². The number of nitrogens with zero attached hydrogens (tertiary/aromatic N) is 4. The third-order valence-electron chi connectivity index (χ3n) is 5.17. The van der Waals surface area contributed by atoms with Crippen LogP contribution in [0.3, 0.4) is 0 Å². The molecule has 5 rings (SSSR count). The number of carbonyl (C=O) groups excluding carboxylic acids is 1. The third kappa shape index (κ3) is 3.84. The minimum Gasteiger partial charge on any atom is -0.397 e. The predicted molar refractivity (Wildman–Crippen MR) is 114 cm³/mol. The van der Waals surface area contributed by atoms with Gasteiger partial charge in [-0.15, -0.1) is 21.5 Å². The van der Waals surface area contributed by atoms with Crippen LogP contribution in [-0.4, -0.2) is 50.7 Å². The summed E-state index contributed by atoms with van der Waals surface area (Å²) in [4.78, 5) is 18.4. The zero-order valence-electron chi connectivity index (χ0n) is 15.8. The summed E-state index contributed by atoms with van der Waals surface area (Å²) in [6, 6.07) is 4.23. The molecule has 10 heteroatoms.